The maximum Gasteiger partial charge on any atom is 0.246 e. The second-order valence-electron chi connectivity index (χ2n) is 5.30. The Morgan fingerprint density at radius 2 is 2.26 bits per heavy atom. The Balaban J connectivity index is 1.91. The summed E-state index contributed by atoms with van der Waals surface area (Å²) in [5.41, 5.74) is 0. The maximum atomic E-state index is 12.5. The molecule has 1 fully saturated rings. The number of anilines is 1. The summed E-state index contributed by atoms with van der Waals surface area (Å²) < 4.78 is 4.86. The van der Waals surface area contributed by atoms with Gasteiger partial charge in [-0.05, 0) is 6.92 Å². The first-order valence-corrected chi connectivity index (χ1v) is 8.43. The minimum atomic E-state index is -0.500. The number of nitrogens with zero attached hydrogens (tertiary/aromatic N) is 3. The number of hydrogen-bond donors (Lipinski definition) is 1. The van der Waals surface area contributed by atoms with Crippen LogP contribution in [0.25, 0.3) is 0 Å². The normalized spacial score (nSPS) is 17.2. The molecule has 8 nitrogen and oxygen atoms in total. The van der Waals surface area contributed by atoms with Crippen LogP contribution in [0, 0.1) is 6.92 Å². The van der Waals surface area contributed by atoms with Gasteiger partial charge in [0.1, 0.15) is 11.8 Å². The lowest BCUT2D eigenvalue weighted by atomic mass is 10.2. The molecule has 0 spiro atoms. The second-order valence-corrected chi connectivity index (χ2v) is 6.30. The monoisotopic (exact) mass is 340 g/mol. The molecule has 23 heavy (non-hydrogen) atoms. The highest BCUT2D eigenvalue weighted by Crippen LogP contribution is 2.23. The minimum absolute atomic E-state index is 0.0516. The number of amides is 3. The van der Waals surface area contributed by atoms with Crippen LogP contribution >= 0.6 is 11.8 Å². The molecule has 1 saturated heterocycles. The highest BCUT2D eigenvalue weighted by molar-refractivity contribution is 7.99. The van der Waals surface area contributed by atoms with Crippen molar-refractivity contribution in [3.8, 4) is 0 Å². The summed E-state index contributed by atoms with van der Waals surface area (Å²) >= 11 is 1.54. The van der Waals surface area contributed by atoms with Gasteiger partial charge in [-0.1, -0.05) is 12.1 Å². The van der Waals surface area contributed by atoms with Crippen molar-refractivity contribution in [3.63, 3.8) is 0 Å². The van der Waals surface area contributed by atoms with E-state index in [0.717, 1.165) is 0 Å². The highest BCUT2D eigenvalue weighted by Gasteiger charge is 2.35. The van der Waals surface area contributed by atoms with Crippen molar-refractivity contribution in [1.29, 1.82) is 0 Å². The molecular formula is C14H20N4O4S. The molecule has 1 N–H and O–H groups in total. The van der Waals surface area contributed by atoms with E-state index in [0.29, 0.717) is 29.6 Å². The molecule has 1 atom stereocenters. The zero-order valence-electron chi connectivity index (χ0n) is 13.4. The van der Waals surface area contributed by atoms with Gasteiger partial charge in [-0.2, -0.15) is 0 Å². The first-order chi connectivity index (χ1) is 10.9. The molecular weight excluding hydrogens is 320 g/mol. The Morgan fingerprint density at radius 3 is 2.87 bits per heavy atom. The van der Waals surface area contributed by atoms with Crippen LogP contribution in [0.2, 0.25) is 0 Å². The van der Waals surface area contributed by atoms with Crippen molar-refractivity contribution < 1.29 is 18.9 Å². The lowest BCUT2D eigenvalue weighted by Gasteiger charge is -2.26. The number of aryl methyl sites for hydroxylation is 1. The van der Waals surface area contributed by atoms with E-state index in [9.17, 15) is 14.4 Å². The number of likely N-dealkylation sites (N-methyl/N-ethyl adjacent to an activating group) is 1. The van der Waals surface area contributed by atoms with E-state index in [1.807, 2.05) is 0 Å². The van der Waals surface area contributed by atoms with E-state index < -0.39 is 6.04 Å². The third kappa shape index (κ3) is 4.25. The molecule has 2 heterocycles. The van der Waals surface area contributed by atoms with Crippen LogP contribution in [0.1, 0.15) is 19.1 Å². The predicted octanol–water partition coefficient (Wildman–Crippen LogP) is 0.691. The van der Waals surface area contributed by atoms with E-state index in [1.54, 1.807) is 31.9 Å². The molecule has 0 radical (unpaired) electrons. The van der Waals surface area contributed by atoms with E-state index in [4.69, 9.17) is 4.52 Å². The number of nitrogens with one attached hydrogen (secondary N) is 1. The van der Waals surface area contributed by atoms with Crippen LogP contribution in [0.15, 0.2) is 10.6 Å². The third-order valence-electron chi connectivity index (χ3n) is 3.44. The van der Waals surface area contributed by atoms with Crippen molar-refractivity contribution in [1.82, 2.24) is 15.0 Å². The van der Waals surface area contributed by atoms with Crippen molar-refractivity contribution in [2.45, 2.75) is 26.3 Å². The standard InChI is InChI=1S/C14H20N4O4S/c1-4-13(20)18-8-23-7-10(18)14(21)17(3)6-12(19)15-11-5-9(2)22-16-11/h5,10H,4,6-8H2,1-3H3,(H,15,16,19)/t10-/m1/s1. The Labute approximate surface area is 138 Å². The fraction of sp³-hybridized carbons (Fsp3) is 0.571. The SMILES string of the molecule is CCC(=O)N1CSC[C@@H]1C(=O)N(C)CC(=O)Nc1cc(C)on1. The number of rotatable bonds is 5. The molecule has 126 valence electrons. The maximum absolute atomic E-state index is 12.5. The third-order valence-corrected chi connectivity index (χ3v) is 4.45. The quantitative estimate of drug-likeness (QED) is 0.847. The average Bonchev–Trinajstić information content (AvgIpc) is 3.14. The minimum Gasteiger partial charge on any atom is -0.360 e. The van der Waals surface area contributed by atoms with Gasteiger partial charge < -0.3 is 19.6 Å². The Morgan fingerprint density at radius 1 is 1.52 bits per heavy atom. The topological polar surface area (TPSA) is 95.8 Å². The Hall–Kier alpha value is -2.03. The van der Waals surface area contributed by atoms with Gasteiger partial charge in [0, 0.05) is 25.3 Å². The van der Waals surface area contributed by atoms with E-state index in [-0.39, 0.29) is 24.3 Å². The molecule has 1 aromatic rings. The van der Waals surface area contributed by atoms with Gasteiger partial charge in [0.15, 0.2) is 5.82 Å². The summed E-state index contributed by atoms with van der Waals surface area (Å²) in [6, 6.07) is 1.09. The van der Waals surface area contributed by atoms with Gasteiger partial charge in [-0.25, -0.2) is 0 Å². The fourth-order valence-electron chi connectivity index (χ4n) is 2.25. The molecule has 0 saturated carbocycles. The van der Waals surface area contributed by atoms with Gasteiger partial charge in [-0.3, -0.25) is 14.4 Å². The first-order valence-electron chi connectivity index (χ1n) is 7.27. The van der Waals surface area contributed by atoms with Crippen molar-refractivity contribution in [2.24, 2.45) is 0 Å². The summed E-state index contributed by atoms with van der Waals surface area (Å²) in [4.78, 5) is 39.2. The largest absolute Gasteiger partial charge is 0.360 e. The molecule has 0 aliphatic carbocycles. The van der Waals surface area contributed by atoms with Gasteiger partial charge in [0.25, 0.3) is 0 Å². The van der Waals surface area contributed by atoms with Crippen LogP contribution in [0.5, 0.6) is 0 Å². The number of aromatic nitrogens is 1. The first kappa shape index (κ1) is 17.3. The molecule has 3 amide bonds. The fourth-order valence-corrected chi connectivity index (χ4v) is 3.42. The molecule has 2 rings (SSSR count). The van der Waals surface area contributed by atoms with Gasteiger partial charge in [0.05, 0.1) is 12.4 Å². The lowest BCUT2D eigenvalue weighted by Crippen LogP contribution is -2.49. The molecule has 1 aromatic heterocycles. The van der Waals surface area contributed by atoms with Crippen LogP contribution < -0.4 is 5.32 Å². The highest BCUT2D eigenvalue weighted by atomic mass is 32.2. The van der Waals surface area contributed by atoms with Crippen LogP contribution in [0.3, 0.4) is 0 Å². The van der Waals surface area contributed by atoms with E-state index in [2.05, 4.69) is 10.5 Å². The lowest BCUT2D eigenvalue weighted by molar-refractivity contribution is -0.143. The predicted molar refractivity (Wildman–Crippen MR) is 85.8 cm³/mol. The summed E-state index contributed by atoms with van der Waals surface area (Å²) in [5.74, 6) is 1.31. The van der Waals surface area contributed by atoms with Crippen molar-refractivity contribution in [2.75, 3.05) is 30.5 Å². The van der Waals surface area contributed by atoms with E-state index >= 15 is 0 Å². The molecule has 1 aliphatic rings. The summed E-state index contributed by atoms with van der Waals surface area (Å²) in [6.07, 6.45) is 0.361. The average molecular weight is 340 g/mol. The molecule has 1 aliphatic heterocycles. The van der Waals surface area contributed by atoms with Crippen molar-refractivity contribution in [3.05, 3.63) is 11.8 Å². The summed E-state index contributed by atoms with van der Waals surface area (Å²) in [6.45, 7) is 3.37. The number of hydrogen-bond acceptors (Lipinski definition) is 6. The van der Waals surface area contributed by atoms with Gasteiger partial charge in [0.2, 0.25) is 17.7 Å². The zero-order chi connectivity index (χ0) is 17.0. The van der Waals surface area contributed by atoms with Crippen LogP contribution in [-0.4, -0.2) is 63.9 Å². The second kappa shape index (κ2) is 7.49. The summed E-state index contributed by atoms with van der Waals surface area (Å²) in [7, 11) is 1.55. The summed E-state index contributed by atoms with van der Waals surface area (Å²) in [5, 5.41) is 6.23. The molecule has 0 bridgehead atoms. The number of carbonyl (C=O) groups excluding carboxylic acids is 3. The number of thioether (sulfide) groups is 1. The van der Waals surface area contributed by atoms with Gasteiger partial charge >= 0.3 is 0 Å². The number of carbonyl (C=O) groups is 3. The van der Waals surface area contributed by atoms with Crippen LogP contribution in [0.4, 0.5) is 5.82 Å². The van der Waals surface area contributed by atoms with E-state index in [1.165, 1.54) is 16.7 Å². The molecule has 0 aromatic carbocycles. The van der Waals surface area contributed by atoms with Crippen LogP contribution in [-0.2, 0) is 14.4 Å². The Bertz CT molecular complexity index is 603. The smallest absolute Gasteiger partial charge is 0.246 e. The van der Waals surface area contributed by atoms with Gasteiger partial charge in [-0.15, -0.1) is 11.8 Å². The Kier molecular flexibility index (Phi) is 5.64. The van der Waals surface area contributed by atoms with Crippen molar-refractivity contribution >= 4 is 35.3 Å². The molecule has 9 heteroatoms. The molecule has 0 unspecified atom stereocenters. The zero-order valence-corrected chi connectivity index (χ0v) is 14.2.